The lowest BCUT2D eigenvalue weighted by molar-refractivity contribution is -0.146. The number of amides is 1. The van der Waals surface area contributed by atoms with Crippen molar-refractivity contribution in [2.45, 2.75) is 25.2 Å². The van der Waals surface area contributed by atoms with Crippen molar-refractivity contribution < 1.29 is 32.2 Å². The van der Waals surface area contributed by atoms with Gasteiger partial charge in [-0.15, -0.1) is 0 Å². The number of hydrogen-bond donors (Lipinski definition) is 2. The lowest BCUT2D eigenvalue weighted by Crippen LogP contribution is -2.32. The highest BCUT2D eigenvalue weighted by Crippen LogP contribution is 2.31. The fraction of sp³-hybridized carbons (Fsp3) is 0.333. The highest BCUT2D eigenvalue weighted by molar-refractivity contribution is 7.89. The summed E-state index contributed by atoms with van der Waals surface area (Å²) >= 11 is 0. The van der Waals surface area contributed by atoms with Crippen molar-refractivity contribution in [1.29, 1.82) is 0 Å². The van der Waals surface area contributed by atoms with E-state index in [1.54, 1.807) is 12.1 Å². The molecule has 0 unspecified atom stereocenters. The van der Waals surface area contributed by atoms with E-state index in [2.05, 4.69) is 10.0 Å². The Labute approximate surface area is 180 Å². The number of aryl methyl sites for hydroxylation is 2. The standard InChI is InChI=1S/C21H24N2O7S/c1-14-8-15(2)10-16(9-14)23-20(24)13-30-21(25)12-22-31(26,27)17-4-5-18-19(11-17)29-7-3-6-28-18/h4-5,8-11,22H,3,6-7,12-13H2,1-2H3,(H,23,24). The number of ether oxygens (including phenoxy) is 3. The van der Waals surface area contributed by atoms with E-state index in [0.717, 1.165) is 11.1 Å². The minimum atomic E-state index is -3.98. The predicted octanol–water partition coefficient (Wildman–Crippen LogP) is 1.92. The number of nitrogens with one attached hydrogen (secondary N) is 2. The maximum absolute atomic E-state index is 12.5. The van der Waals surface area contributed by atoms with E-state index in [1.807, 2.05) is 19.9 Å². The molecule has 0 aromatic heterocycles. The summed E-state index contributed by atoms with van der Waals surface area (Å²) in [6, 6.07) is 9.74. The van der Waals surface area contributed by atoms with Crippen molar-refractivity contribution in [2.75, 3.05) is 31.7 Å². The first-order valence-corrected chi connectivity index (χ1v) is 11.1. The van der Waals surface area contributed by atoms with E-state index in [-0.39, 0.29) is 4.90 Å². The lowest BCUT2D eigenvalue weighted by Gasteiger charge is -2.11. The first kappa shape index (κ1) is 22.6. The van der Waals surface area contributed by atoms with Crippen LogP contribution in [0.5, 0.6) is 11.5 Å². The molecule has 1 heterocycles. The molecule has 0 saturated carbocycles. The molecule has 0 aliphatic carbocycles. The summed E-state index contributed by atoms with van der Waals surface area (Å²) < 4.78 is 42.9. The zero-order valence-electron chi connectivity index (χ0n) is 17.3. The fourth-order valence-electron chi connectivity index (χ4n) is 2.99. The van der Waals surface area contributed by atoms with Crippen LogP contribution in [-0.2, 0) is 24.3 Å². The van der Waals surface area contributed by atoms with Crippen LogP contribution in [0.4, 0.5) is 5.69 Å². The third-order valence-electron chi connectivity index (χ3n) is 4.31. The molecule has 2 aromatic rings. The van der Waals surface area contributed by atoms with Gasteiger partial charge in [0.05, 0.1) is 18.1 Å². The zero-order valence-corrected chi connectivity index (χ0v) is 18.1. The largest absolute Gasteiger partial charge is 0.490 e. The smallest absolute Gasteiger partial charge is 0.321 e. The lowest BCUT2D eigenvalue weighted by atomic mass is 10.1. The van der Waals surface area contributed by atoms with Crippen LogP contribution >= 0.6 is 0 Å². The first-order chi connectivity index (χ1) is 14.7. The number of benzene rings is 2. The molecule has 0 bridgehead atoms. The second-order valence-corrected chi connectivity index (χ2v) is 8.84. The second-order valence-electron chi connectivity index (χ2n) is 7.07. The van der Waals surface area contributed by atoms with Crippen LogP contribution in [0.25, 0.3) is 0 Å². The monoisotopic (exact) mass is 448 g/mol. The molecule has 2 aromatic carbocycles. The minimum absolute atomic E-state index is 0.0721. The van der Waals surface area contributed by atoms with E-state index in [4.69, 9.17) is 14.2 Å². The van der Waals surface area contributed by atoms with E-state index in [0.29, 0.717) is 36.8 Å². The van der Waals surface area contributed by atoms with Crippen LogP contribution in [0.15, 0.2) is 41.3 Å². The summed E-state index contributed by atoms with van der Waals surface area (Å²) in [6.45, 7) is 3.56. The van der Waals surface area contributed by atoms with Gasteiger partial charge >= 0.3 is 5.97 Å². The van der Waals surface area contributed by atoms with Crippen molar-refractivity contribution in [3.63, 3.8) is 0 Å². The highest BCUT2D eigenvalue weighted by Gasteiger charge is 2.20. The Balaban J connectivity index is 1.50. The number of sulfonamides is 1. The Morgan fingerprint density at radius 3 is 2.39 bits per heavy atom. The number of carbonyl (C=O) groups is 2. The van der Waals surface area contributed by atoms with Crippen LogP contribution in [0.1, 0.15) is 17.5 Å². The van der Waals surface area contributed by atoms with E-state index in [1.165, 1.54) is 18.2 Å². The van der Waals surface area contributed by atoms with Crippen molar-refractivity contribution in [3.8, 4) is 11.5 Å². The predicted molar refractivity (Wildman–Crippen MR) is 113 cm³/mol. The van der Waals surface area contributed by atoms with Crippen molar-refractivity contribution >= 4 is 27.6 Å². The molecule has 0 radical (unpaired) electrons. The fourth-order valence-corrected chi connectivity index (χ4v) is 3.97. The summed E-state index contributed by atoms with van der Waals surface area (Å²) in [6.07, 6.45) is 0.692. The summed E-state index contributed by atoms with van der Waals surface area (Å²) in [5, 5.41) is 2.63. The molecule has 9 nitrogen and oxygen atoms in total. The second kappa shape index (κ2) is 9.80. The van der Waals surface area contributed by atoms with Crippen LogP contribution in [0, 0.1) is 13.8 Å². The normalized spacial score (nSPS) is 13.2. The van der Waals surface area contributed by atoms with E-state index < -0.39 is 35.1 Å². The van der Waals surface area contributed by atoms with Gasteiger partial charge in [0, 0.05) is 18.2 Å². The van der Waals surface area contributed by atoms with Gasteiger partial charge in [-0.25, -0.2) is 8.42 Å². The maximum Gasteiger partial charge on any atom is 0.321 e. The van der Waals surface area contributed by atoms with Crippen molar-refractivity contribution in [3.05, 3.63) is 47.5 Å². The first-order valence-electron chi connectivity index (χ1n) is 9.66. The van der Waals surface area contributed by atoms with Gasteiger partial charge in [-0.1, -0.05) is 6.07 Å². The zero-order chi connectivity index (χ0) is 22.4. The van der Waals surface area contributed by atoms with Crippen molar-refractivity contribution in [1.82, 2.24) is 4.72 Å². The van der Waals surface area contributed by atoms with Gasteiger partial charge in [0.25, 0.3) is 5.91 Å². The van der Waals surface area contributed by atoms with Gasteiger partial charge in [-0.3, -0.25) is 9.59 Å². The molecule has 0 fully saturated rings. The number of anilines is 1. The summed E-state index contributed by atoms with van der Waals surface area (Å²) in [7, 11) is -3.98. The molecule has 1 amide bonds. The molecule has 0 atom stereocenters. The molecular weight excluding hydrogens is 424 g/mol. The van der Waals surface area contributed by atoms with Gasteiger partial charge in [0.2, 0.25) is 10.0 Å². The summed E-state index contributed by atoms with van der Waals surface area (Å²) in [5.74, 6) is -0.616. The van der Waals surface area contributed by atoms with Crippen LogP contribution in [-0.4, -0.2) is 46.7 Å². The average Bonchev–Trinajstić information content (AvgIpc) is 2.95. The highest BCUT2D eigenvalue weighted by atomic mass is 32.2. The Morgan fingerprint density at radius 1 is 1.00 bits per heavy atom. The number of hydrogen-bond acceptors (Lipinski definition) is 7. The molecule has 1 aliphatic heterocycles. The molecule has 3 rings (SSSR count). The Bertz CT molecular complexity index is 1060. The summed E-state index contributed by atoms with van der Waals surface area (Å²) in [5.41, 5.74) is 2.56. The van der Waals surface area contributed by atoms with Gasteiger partial charge < -0.3 is 19.5 Å². The quantitative estimate of drug-likeness (QED) is 0.621. The third-order valence-corrected chi connectivity index (χ3v) is 5.70. The van der Waals surface area contributed by atoms with Gasteiger partial charge in [-0.05, 0) is 49.2 Å². The number of esters is 1. The molecule has 0 saturated heterocycles. The van der Waals surface area contributed by atoms with Crippen LogP contribution < -0.4 is 19.5 Å². The average molecular weight is 448 g/mol. The molecule has 2 N–H and O–H groups in total. The summed E-state index contributed by atoms with van der Waals surface area (Å²) in [4.78, 5) is 23.8. The Kier molecular flexibility index (Phi) is 7.13. The van der Waals surface area contributed by atoms with E-state index in [9.17, 15) is 18.0 Å². The topological polar surface area (TPSA) is 120 Å². The molecule has 31 heavy (non-hydrogen) atoms. The van der Waals surface area contributed by atoms with Gasteiger partial charge in [0.1, 0.15) is 6.54 Å². The van der Waals surface area contributed by atoms with Gasteiger partial charge in [-0.2, -0.15) is 4.72 Å². The molecule has 0 spiro atoms. The number of rotatable bonds is 7. The van der Waals surface area contributed by atoms with Crippen LogP contribution in [0.2, 0.25) is 0 Å². The Hall–Kier alpha value is -3.11. The molecule has 1 aliphatic rings. The van der Waals surface area contributed by atoms with Crippen LogP contribution in [0.3, 0.4) is 0 Å². The van der Waals surface area contributed by atoms with E-state index >= 15 is 0 Å². The number of fused-ring (bicyclic) bond motifs is 1. The van der Waals surface area contributed by atoms with Gasteiger partial charge in [0.15, 0.2) is 18.1 Å². The minimum Gasteiger partial charge on any atom is -0.490 e. The number of carbonyl (C=O) groups excluding carboxylic acids is 2. The molecule has 166 valence electrons. The molecular formula is C21H24N2O7S. The third kappa shape index (κ3) is 6.43. The van der Waals surface area contributed by atoms with Crippen molar-refractivity contribution in [2.24, 2.45) is 0 Å². The Morgan fingerprint density at radius 2 is 1.68 bits per heavy atom. The SMILES string of the molecule is Cc1cc(C)cc(NC(=O)COC(=O)CNS(=O)(=O)c2ccc3c(c2)OCCCO3)c1. The molecule has 10 heteroatoms. The maximum atomic E-state index is 12.5.